The molecule has 0 saturated heterocycles. The first-order valence-electron chi connectivity index (χ1n) is 4.65. The van der Waals surface area contributed by atoms with E-state index in [1.807, 2.05) is 6.92 Å². The zero-order valence-electron chi connectivity index (χ0n) is 8.06. The molecule has 0 N–H and O–H groups in total. The van der Waals surface area contributed by atoms with Crippen molar-refractivity contribution in [2.45, 2.75) is 33.1 Å². The Morgan fingerprint density at radius 2 is 2.42 bits per heavy atom. The van der Waals surface area contributed by atoms with E-state index in [1.54, 1.807) is 0 Å². The summed E-state index contributed by atoms with van der Waals surface area (Å²) < 4.78 is 0. The number of nitrogens with zero attached hydrogens (tertiary/aromatic N) is 1. The second-order valence-electron chi connectivity index (χ2n) is 3.25. The Morgan fingerprint density at radius 3 is 3.00 bits per heavy atom. The van der Waals surface area contributed by atoms with E-state index in [1.165, 1.54) is 18.4 Å². The van der Waals surface area contributed by atoms with Crippen LogP contribution in [-0.4, -0.2) is 12.3 Å². The molecule has 0 atom stereocenters. The van der Waals surface area contributed by atoms with E-state index >= 15 is 0 Å². The number of hydrogen-bond acceptors (Lipinski definition) is 1. The van der Waals surface area contributed by atoms with Gasteiger partial charge in [-0.1, -0.05) is 19.6 Å². The molecule has 12 heavy (non-hydrogen) atoms. The fraction of sp³-hybridized carbons (Fsp3) is 0.545. The average Bonchev–Trinajstić information content (AvgIpc) is 2.05. The maximum absolute atomic E-state index is 4.48. The average molecular weight is 163 g/mol. The molecule has 0 unspecified atom stereocenters. The van der Waals surface area contributed by atoms with Crippen molar-refractivity contribution in [3.05, 3.63) is 23.8 Å². The summed E-state index contributed by atoms with van der Waals surface area (Å²) in [7, 11) is 0. The van der Waals surface area contributed by atoms with Gasteiger partial charge in [0.05, 0.1) is 5.71 Å². The van der Waals surface area contributed by atoms with E-state index in [9.17, 15) is 0 Å². The Bertz CT molecular complexity index is 233. The predicted molar refractivity (Wildman–Crippen MR) is 54.7 cm³/mol. The summed E-state index contributed by atoms with van der Waals surface area (Å²) in [5.41, 5.74) is 3.66. The SMILES string of the molecule is C=C(C)C1=NCCC/C1=C/CC. The van der Waals surface area contributed by atoms with Gasteiger partial charge in [-0.15, -0.1) is 0 Å². The van der Waals surface area contributed by atoms with Gasteiger partial charge < -0.3 is 0 Å². The molecule has 66 valence electrons. The van der Waals surface area contributed by atoms with Crippen molar-refractivity contribution >= 4 is 5.71 Å². The lowest BCUT2D eigenvalue weighted by molar-refractivity contribution is 0.811. The number of hydrogen-bond donors (Lipinski definition) is 0. The van der Waals surface area contributed by atoms with Crippen molar-refractivity contribution in [3.63, 3.8) is 0 Å². The van der Waals surface area contributed by atoms with Gasteiger partial charge in [0.2, 0.25) is 0 Å². The van der Waals surface area contributed by atoms with E-state index in [2.05, 4.69) is 24.6 Å². The third-order valence-electron chi connectivity index (χ3n) is 2.03. The summed E-state index contributed by atoms with van der Waals surface area (Å²) in [6.45, 7) is 9.11. The minimum absolute atomic E-state index is 0.975. The first kappa shape index (κ1) is 9.24. The molecule has 0 aromatic rings. The molecule has 0 radical (unpaired) electrons. The van der Waals surface area contributed by atoms with Crippen LogP contribution in [0.5, 0.6) is 0 Å². The summed E-state index contributed by atoms with van der Waals surface area (Å²) in [5.74, 6) is 0. The number of rotatable bonds is 2. The lowest BCUT2D eigenvalue weighted by atomic mass is 9.97. The molecule has 0 aromatic carbocycles. The second kappa shape index (κ2) is 4.24. The molecule has 1 nitrogen and oxygen atoms in total. The van der Waals surface area contributed by atoms with Crippen LogP contribution in [0.4, 0.5) is 0 Å². The lowest BCUT2D eigenvalue weighted by Crippen LogP contribution is -2.10. The minimum atomic E-state index is 0.975. The molecule has 0 spiro atoms. The van der Waals surface area contributed by atoms with E-state index < -0.39 is 0 Å². The quantitative estimate of drug-likeness (QED) is 0.593. The molecule has 0 bridgehead atoms. The van der Waals surface area contributed by atoms with Crippen LogP contribution < -0.4 is 0 Å². The fourth-order valence-corrected chi connectivity index (χ4v) is 1.53. The maximum Gasteiger partial charge on any atom is 0.0626 e. The highest BCUT2D eigenvalue weighted by atomic mass is 14.7. The molecule has 0 fully saturated rings. The molecule has 0 amide bonds. The first-order chi connectivity index (χ1) is 5.75. The smallest absolute Gasteiger partial charge is 0.0626 e. The lowest BCUT2D eigenvalue weighted by Gasteiger charge is -2.15. The summed E-state index contributed by atoms with van der Waals surface area (Å²) in [6.07, 6.45) is 5.75. The summed E-state index contributed by atoms with van der Waals surface area (Å²) >= 11 is 0. The van der Waals surface area contributed by atoms with Gasteiger partial charge in [0.1, 0.15) is 0 Å². The zero-order chi connectivity index (χ0) is 8.97. The monoisotopic (exact) mass is 163 g/mol. The van der Waals surface area contributed by atoms with Crippen LogP contribution in [0.15, 0.2) is 28.8 Å². The van der Waals surface area contributed by atoms with Crippen LogP contribution in [-0.2, 0) is 0 Å². The largest absolute Gasteiger partial charge is 0.285 e. The third kappa shape index (κ3) is 2.07. The predicted octanol–water partition coefficient (Wildman–Crippen LogP) is 3.13. The van der Waals surface area contributed by atoms with Crippen LogP contribution >= 0.6 is 0 Å². The van der Waals surface area contributed by atoms with Gasteiger partial charge in [0.15, 0.2) is 0 Å². The maximum atomic E-state index is 4.48. The van der Waals surface area contributed by atoms with Crippen LogP contribution in [0.1, 0.15) is 33.1 Å². The van der Waals surface area contributed by atoms with Gasteiger partial charge in [-0.05, 0) is 37.3 Å². The molecule has 1 rings (SSSR count). The van der Waals surface area contributed by atoms with Crippen molar-refractivity contribution < 1.29 is 0 Å². The van der Waals surface area contributed by atoms with Crippen molar-refractivity contribution in [1.29, 1.82) is 0 Å². The summed E-state index contributed by atoms with van der Waals surface area (Å²) in [6, 6.07) is 0. The highest BCUT2D eigenvalue weighted by Crippen LogP contribution is 2.18. The molecular weight excluding hydrogens is 146 g/mol. The van der Waals surface area contributed by atoms with Crippen molar-refractivity contribution in [1.82, 2.24) is 0 Å². The summed E-state index contributed by atoms with van der Waals surface area (Å²) in [4.78, 5) is 4.48. The fourth-order valence-electron chi connectivity index (χ4n) is 1.53. The van der Waals surface area contributed by atoms with Gasteiger partial charge in [-0.25, -0.2) is 0 Å². The van der Waals surface area contributed by atoms with Gasteiger partial charge in [-0.3, -0.25) is 4.99 Å². The van der Waals surface area contributed by atoms with Gasteiger partial charge in [-0.2, -0.15) is 0 Å². The highest BCUT2D eigenvalue weighted by molar-refractivity contribution is 6.11. The van der Waals surface area contributed by atoms with E-state index in [-0.39, 0.29) is 0 Å². The molecule has 0 saturated carbocycles. The van der Waals surface area contributed by atoms with Crippen LogP contribution in [0, 0.1) is 0 Å². The molecule has 0 aliphatic carbocycles. The van der Waals surface area contributed by atoms with Gasteiger partial charge >= 0.3 is 0 Å². The minimum Gasteiger partial charge on any atom is -0.285 e. The third-order valence-corrected chi connectivity index (χ3v) is 2.03. The second-order valence-corrected chi connectivity index (χ2v) is 3.25. The Balaban J connectivity index is 2.85. The molecular formula is C11H17N. The highest BCUT2D eigenvalue weighted by Gasteiger charge is 2.10. The van der Waals surface area contributed by atoms with Gasteiger partial charge in [0, 0.05) is 6.54 Å². The zero-order valence-corrected chi connectivity index (χ0v) is 8.06. The summed E-state index contributed by atoms with van der Waals surface area (Å²) in [5, 5.41) is 0. The molecule has 0 aromatic heterocycles. The Hall–Kier alpha value is -0.850. The van der Waals surface area contributed by atoms with E-state index in [4.69, 9.17) is 0 Å². The molecule has 1 heteroatoms. The standard InChI is InChI=1S/C11H17N/c1-4-6-10-7-5-8-12-11(10)9(2)3/h6H,2,4-5,7-8H2,1,3H3/b10-6-. The Labute approximate surface area is 74.9 Å². The van der Waals surface area contributed by atoms with Crippen LogP contribution in [0.25, 0.3) is 0 Å². The molecule has 1 heterocycles. The van der Waals surface area contributed by atoms with Crippen molar-refractivity contribution in [3.8, 4) is 0 Å². The number of allylic oxidation sites excluding steroid dienone is 3. The Kier molecular flexibility index (Phi) is 3.27. The molecule has 1 aliphatic rings. The van der Waals surface area contributed by atoms with Crippen molar-refractivity contribution in [2.24, 2.45) is 4.99 Å². The van der Waals surface area contributed by atoms with Crippen LogP contribution in [0.2, 0.25) is 0 Å². The van der Waals surface area contributed by atoms with E-state index in [0.29, 0.717) is 0 Å². The van der Waals surface area contributed by atoms with E-state index in [0.717, 1.165) is 24.3 Å². The first-order valence-corrected chi connectivity index (χ1v) is 4.65. The van der Waals surface area contributed by atoms with Crippen LogP contribution in [0.3, 0.4) is 0 Å². The molecule has 1 aliphatic heterocycles. The van der Waals surface area contributed by atoms with Crippen molar-refractivity contribution in [2.75, 3.05) is 6.54 Å². The van der Waals surface area contributed by atoms with Gasteiger partial charge in [0.25, 0.3) is 0 Å². The topological polar surface area (TPSA) is 12.4 Å². The Morgan fingerprint density at radius 1 is 1.67 bits per heavy atom. The normalized spacial score (nSPS) is 20.8. The number of aliphatic imine (C=N–C) groups is 1.